The smallest absolute Gasteiger partial charge is 0.338 e. The van der Waals surface area contributed by atoms with Crippen molar-refractivity contribution >= 4 is 5.97 Å². The number of hydrogen-bond donors (Lipinski definition) is 0. The lowest BCUT2D eigenvalue weighted by Gasteiger charge is -2.26. The second-order valence-electron chi connectivity index (χ2n) is 5.58. The van der Waals surface area contributed by atoms with E-state index in [2.05, 4.69) is 0 Å². The summed E-state index contributed by atoms with van der Waals surface area (Å²) in [6, 6.07) is 0. The zero-order valence-electron chi connectivity index (χ0n) is 10.9. The number of rotatable bonds is 1. The van der Waals surface area contributed by atoms with E-state index in [1.807, 2.05) is 20.8 Å². The largest absolute Gasteiger partial charge is 0.468 e. The lowest BCUT2D eigenvalue weighted by molar-refractivity contribution is -0.156. The number of carbonyl (C=O) groups excluding carboxylic acids is 1. The van der Waals surface area contributed by atoms with E-state index in [0.29, 0.717) is 17.9 Å². The molecule has 0 aromatic heterocycles. The van der Waals surface area contributed by atoms with Crippen molar-refractivity contribution in [1.82, 2.24) is 0 Å². The lowest BCUT2D eigenvalue weighted by Crippen LogP contribution is -2.32. The van der Waals surface area contributed by atoms with Gasteiger partial charge in [-0.3, -0.25) is 0 Å². The van der Waals surface area contributed by atoms with Crippen LogP contribution in [0.2, 0.25) is 0 Å². The van der Waals surface area contributed by atoms with E-state index in [4.69, 9.17) is 14.2 Å². The van der Waals surface area contributed by atoms with Crippen LogP contribution in [0.15, 0.2) is 11.3 Å². The van der Waals surface area contributed by atoms with E-state index < -0.39 is 5.60 Å². The van der Waals surface area contributed by atoms with Crippen molar-refractivity contribution < 1.29 is 19.0 Å². The van der Waals surface area contributed by atoms with Crippen LogP contribution in [0.1, 0.15) is 40.5 Å². The molecule has 2 atom stereocenters. The minimum atomic E-state index is -0.474. The highest BCUT2D eigenvalue weighted by Crippen LogP contribution is 2.38. The average molecular weight is 240 g/mol. The number of carbonyl (C=O) groups is 1. The fraction of sp³-hybridized carbons (Fsp3) is 0.769. The van der Waals surface area contributed by atoms with Crippen LogP contribution in [0.25, 0.3) is 0 Å². The Balaban J connectivity index is 2.13. The number of fused-ring (bicyclic) bond motifs is 1. The molecule has 0 bridgehead atoms. The maximum absolute atomic E-state index is 12.1. The molecule has 96 valence electrons. The Labute approximate surface area is 102 Å². The molecule has 1 saturated heterocycles. The minimum Gasteiger partial charge on any atom is -0.468 e. The van der Waals surface area contributed by atoms with Gasteiger partial charge in [0, 0.05) is 0 Å². The Kier molecular flexibility index (Phi) is 3.17. The van der Waals surface area contributed by atoms with Gasteiger partial charge >= 0.3 is 5.97 Å². The molecule has 0 aromatic carbocycles. The van der Waals surface area contributed by atoms with Crippen molar-refractivity contribution in [3.05, 3.63) is 11.3 Å². The van der Waals surface area contributed by atoms with Crippen LogP contribution >= 0.6 is 0 Å². The maximum atomic E-state index is 12.1. The van der Waals surface area contributed by atoms with Gasteiger partial charge in [0.1, 0.15) is 11.4 Å². The van der Waals surface area contributed by atoms with Crippen LogP contribution in [0.3, 0.4) is 0 Å². The van der Waals surface area contributed by atoms with E-state index in [0.717, 1.165) is 12.8 Å². The first-order valence-corrected chi connectivity index (χ1v) is 6.11. The standard InChI is InChI=1S/C13H20O4/c1-8-10(11(14)17-13(2,3)4)9-6-5-7-15-12(9)16-8/h9,12H,5-7H2,1-4H3/t9-,12+/m0/s1. The Bertz CT molecular complexity index is 351. The number of allylic oxidation sites excluding steroid dienone is 1. The van der Waals surface area contributed by atoms with Gasteiger partial charge in [-0.05, 0) is 40.5 Å². The molecule has 0 saturated carbocycles. The molecule has 0 aliphatic carbocycles. The molecule has 0 aromatic rings. The first kappa shape index (κ1) is 12.4. The fourth-order valence-corrected chi connectivity index (χ4v) is 2.28. The van der Waals surface area contributed by atoms with Gasteiger partial charge < -0.3 is 14.2 Å². The Morgan fingerprint density at radius 3 is 2.76 bits per heavy atom. The lowest BCUT2D eigenvalue weighted by atomic mass is 9.93. The van der Waals surface area contributed by atoms with Crippen LogP contribution in [0.4, 0.5) is 0 Å². The molecular formula is C13H20O4. The summed E-state index contributed by atoms with van der Waals surface area (Å²) in [5, 5.41) is 0. The molecule has 2 aliphatic rings. The summed E-state index contributed by atoms with van der Waals surface area (Å²) in [6.45, 7) is 8.11. The van der Waals surface area contributed by atoms with Gasteiger partial charge in [-0.2, -0.15) is 0 Å². The van der Waals surface area contributed by atoms with Gasteiger partial charge in [-0.15, -0.1) is 0 Å². The average Bonchev–Trinajstić information content (AvgIpc) is 2.50. The van der Waals surface area contributed by atoms with Crippen LogP contribution in [0, 0.1) is 5.92 Å². The normalized spacial score (nSPS) is 28.7. The van der Waals surface area contributed by atoms with Crippen molar-refractivity contribution in [2.24, 2.45) is 5.92 Å². The van der Waals surface area contributed by atoms with Crippen molar-refractivity contribution in [1.29, 1.82) is 0 Å². The van der Waals surface area contributed by atoms with Gasteiger partial charge in [-0.25, -0.2) is 4.79 Å². The highest BCUT2D eigenvalue weighted by atomic mass is 16.7. The highest BCUT2D eigenvalue weighted by molar-refractivity contribution is 5.90. The van der Waals surface area contributed by atoms with E-state index in [1.54, 1.807) is 6.92 Å². The van der Waals surface area contributed by atoms with Crippen LogP contribution in [-0.4, -0.2) is 24.5 Å². The summed E-state index contributed by atoms with van der Waals surface area (Å²) < 4.78 is 16.5. The monoisotopic (exact) mass is 240 g/mol. The summed E-state index contributed by atoms with van der Waals surface area (Å²) in [5.74, 6) is 0.419. The Hall–Kier alpha value is -1.03. The molecule has 0 amide bonds. The SMILES string of the molecule is CC1=C(C(=O)OC(C)(C)C)[C@@H]2CCCO[C@@H]2O1. The van der Waals surface area contributed by atoms with Gasteiger partial charge in [0.15, 0.2) is 0 Å². The molecule has 4 heteroatoms. The predicted octanol–water partition coefficient (Wildman–Crippen LogP) is 2.39. The van der Waals surface area contributed by atoms with E-state index >= 15 is 0 Å². The highest BCUT2D eigenvalue weighted by Gasteiger charge is 2.42. The molecule has 1 fully saturated rings. The van der Waals surface area contributed by atoms with Gasteiger partial charge in [0.2, 0.25) is 6.29 Å². The van der Waals surface area contributed by atoms with Crippen LogP contribution in [0.5, 0.6) is 0 Å². The molecule has 2 aliphatic heterocycles. The molecule has 4 nitrogen and oxygen atoms in total. The Morgan fingerprint density at radius 1 is 1.41 bits per heavy atom. The van der Waals surface area contributed by atoms with Crippen molar-refractivity contribution in [3.63, 3.8) is 0 Å². The summed E-state index contributed by atoms with van der Waals surface area (Å²) >= 11 is 0. The van der Waals surface area contributed by atoms with Crippen molar-refractivity contribution in [2.45, 2.75) is 52.4 Å². The molecule has 2 heterocycles. The molecule has 2 rings (SSSR count). The fourth-order valence-electron chi connectivity index (χ4n) is 2.28. The number of hydrogen-bond acceptors (Lipinski definition) is 4. The third-order valence-electron chi connectivity index (χ3n) is 2.93. The van der Waals surface area contributed by atoms with Gasteiger partial charge in [0.05, 0.1) is 18.1 Å². The molecule has 17 heavy (non-hydrogen) atoms. The zero-order valence-corrected chi connectivity index (χ0v) is 10.9. The van der Waals surface area contributed by atoms with Crippen LogP contribution < -0.4 is 0 Å². The van der Waals surface area contributed by atoms with E-state index in [9.17, 15) is 4.79 Å². The number of esters is 1. The maximum Gasteiger partial charge on any atom is 0.338 e. The summed E-state index contributed by atoms with van der Waals surface area (Å²) in [6.07, 6.45) is 1.60. The topological polar surface area (TPSA) is 44.8 Å². The third-order valence-corrected chi connectivity index (χ3v) is 2.93. The molecular weight excluding hydrogens is 220 g/mol. The molecule has 0 radical (unpaired) electrons. The van der Waals surface area contributed by atoms with E-state index in [-0.39, 0.29) is 18.2 Å². The summed E-state index contributed by atoms with van der Waals surface area (Å²) in [7, 11) is 0. The first-order valence-electron chi connectivity index (χ1n) is 6.11. The van der Waals surface area contributed by atoms with E-state index in [1.165, 1.54) is 0 Å². The Morgan fingerprint density at radius 2 is 2.12 bits per heavy atom. The second kappa shape index (κ2) is 4.33. The third kappa shape index (κ3) is 2.63. The summed E-state index contributed by atoms with van der Waals surface area (Å²) in [4.78, 5) is 12.1. The molecule has 0 unspecified atom stereocenters. The van der Waals surface area contributed by atoms with Crippen molar-refractivity contribution in [2.75, 3.05) is 6.61 Å². The second-order valence-corrected chi connectivity index (χ2v) is 5.58. The quantitative estimate of drug-likeness (QED) is 0.660. The van der Waals surface area contributed by atoms with Gasteiger partial charge in [-0.1, -0.05) is 0 Å². The molecule has 0 spiro atoms. The minimum absolute atomic E-state index is 0.0404. The van der Waals surface area contributed by atoms with Gasteiger partial charge in [0.25, 0.3) is 0 Å². The van der Waals surface area contributed by atoms with Crippen LogP contribution in [-0.2, 0) is 19.0 Å². The predicted molar refractivity (Wildman–Crippen MR) is 62.1 cm³/mol. The van der Waals surface area contributed by atoms with Crippen molar-refractivity contribution in [3.8, 4) is 0 Å². The first-order chi connectivity index (χ1) is 7.88. The summed E-state index contributed by atoms with van der Waals surface area (Å²) in [5.41, 5.74) is 0.183. The number of ether oxygens (including phenoxy) is 3. The zero-order chi connectivity index (χ0) is 12.6. The molecule has 0 N–H and O–H groups in total.